The molecule has 0 aromatic carbocycles. The summed E-state index contributed by atoms with van der Waals surface area (Å²) in [6.45, 7) is 0. The van der Waals surface area contributed by atoms with Crippen LogP contribution in [0.25, 0.3) is 0 Å². The topological polar surface area (TPSA) is 17.1 Å². The van der Waals surface area contributed by atoms with Crippen molar-refractivity contribution in [2.24, 2.45) is 5.92 Å². The van der Waals surface area contributed by atoms with Gasteiger partial charge < -0.3 is 0 Å². The molecule has 3 heteroatoms. The first-order valence-electron chi connectivity index (χ1n) is 5.52. The van der Waals surface area contributed by atoms with Crippen molar-refractivity contribution in [2.75, 3.05) is 0 Å². The fraction of sp³-hybridized carbons (Fsp3) is 0.583. The number of aryl methyl sites for hydroxylation is 1. The molecule has 0 radical (unpaired) electrons. The van der Waals surface area contributed by atoms with Crippen molar-refractivity contribution in [3.8, 4) is 0 Å². The maximum Gasteiger partial charge on any atom is 0.136 e. The van der Waals surface area contributed by atoms with E-state index < -0.39 is 0 Å². The van der Waals surface area contributed by atoms with Gasteiger partial charge in [0.05, 0.1) is 4.34 Å². The monoisotopic (exact) mass is 242 g/mol. The van der Waals surface area contributed by atoms with Crippen molar-refractivity contribution in [3.63, 3.8) is 0 Å². The molecule has 0 bridgehead atoms. The van der Waals surface area contributed by atoms with E-state index in [1.54, 1.807) is 11.3 Å². The van der Waals surface area contributed by atoms with Crippen molar-refractivity contribution in [3.05, 3.63) is 21.3 Å². The highest BCUT2D eigenvalue weighted by Crippen LogP contribution is 2.28. The van der Waals surface area contributed by atoms with Crippen LogP contribution in [0.2, 0.25) is 4.34 Å². The van der Waals surface area contributed by atoms with Crippen LogP contribution in [0, 0.1) is 5.92 Å². The predicted octanol–water partition coefficient (Wildman–Crippen LogP) is 4.09. The summed E-state index contributed by atoms with van der Waals surface area (Å²) in [7, 11) is 0. The number of hydrogen-bond acceptors (Lipinski definition) is 2. The Kier molecular flexibility index (Phi) is 3.81. The Labute approximate surface area is 99.5 Å². The zero-order valence-corrected chi connectivity index (χ0v) is 10.2. The van der Waals surface area contributed by atoms with Crippen LogP contribution in [-0.4, -0.2) is 5.78 Å². The predicted molar refractivity (Wildman–Crippen MR) is 64.6 cm³/mol. The zero-order chi connectivity index (χ0) is 10.7. The molecule has 1 fully saturated rings. The van der Waals surface area contributed by atoms with Crippen molar-refractivity contribution < 1.29 is 4.79 Å². The molecular weight excluding hydrogens is 228 g/mol. The Morgan fingerprint density at radius 2 is 2.13 bits per heavy atom. The average Bonchev–Trinajstić information content (AvgIpc) is 2.84. The van der Waals surface area contributed by atoms with Gasteiger partial charge in [0.2, 0.25) is 0 Å². The van der Waals surface area contributed by atoms with E-state index in [1.165, 1.54) is 17.7 Å². The van der Waals surface area contributed by atoms with Gasteiger partial charge in [-0.1, -0.05) is 24.4 Å². The first kappa shape index (κ1) is 11.2. The lowest BCUT2D eigenvalue weighted by Crippen LogP contribution is -2.10. The first-order chi connectivity index (χ1) is 7.25. The van der Waals surface area contributed by atoms with Gasteiger partial charge in [-0.2, -0.15) is 0 Å². The third kappa shape index (κ3) is 3.05. The fourth-order valence-electron chi connectivity index (χ4n) is 2.18. The minimum absolute atomic E-state index is 0.362. The Bertz CT molecular complexity index is 339. The smallest absolute Gasteiger partial charge is 0.136 e. The summed E-state index contributed by atoms with van der Waals surface area (Å²) < 4.78 is 0.818. The average molecular weight is 243 g/mol. The lowest BCUT2D eigenvalue weighted by atomic mass is 9.99. The van der Waals surface area contributed by atoms with Crippen molar-refractivity contribution in [1.82, 2.24) is 0 Å². The van der Waals surface area contributed by atoms with E-state index in [-0.39, 0.29) is 0 Å². The van der Waals surface area contributed by atoms with Crippen molar-refractivity contribution >= 4 is 28.7 Å². The highest BCUT2D eigenvalue weighted by Gasteiger charge is 2.21. The van der Waals surface area contributed by atoms with E-state index in [4.69, 9.17) is 11.6 Å². The van der Waals surface area contributed by atoms with Gasteiger partial charge in [-0.3, -0.25) is 4.79 Å². The van der Waals surface area contributed by atoms with Crippen LogP contribution in [0.3, 0.4) is 0 Å². The molecule has 1 aromatic heterocycles. The van der Waals surface area contributed by atoms with Gasteiger partial charge in [-0.05, 0) is 31.4 Å². The molecule has 1 nitrogen and oxygen atoms in total. The van der Waals surface area contributed by atoms with Crippen LogP contribution in [0.4, 0.5) is 0 Å². The number of halogens is 1. The molecule has 1 saturated carbocycles. The Hall–Kier alpha value is -0.340. The number of rotatable bonds is 4. The third-order valence-electron chi connectivity index (χ3n) is 3.06. The van der Waals surface area contributed by atoms with Gasteiger partial charge in [0.25, 0.3) is 0 Å². The molecule has 0 saturated heterocycles. The summed E-state index contributed by atoms with van der Waals surface area (Å²) >= 11 is 7.42. The van der Waals surface area contributed by atoms with Crippen molar-refractivity contribution in [1.29, 1.82) is 0 Å². The number of ketones is 1. The molecule has 2 rings (SSSR count). The van der Waals surface area contributed by atoms with Gasteiger partial charge in [0.1, 0.15) is 5.78 Å². The van der Waals surface area contributed by atoms with Crippen molar-refractivity contribution in [2.45, 2.75) is 38.5 Å². The van der Waals surface area contributed by atoms with E-state index in [0.29, 0.717) is 18.1 Å². The van der Waals surface area contributed by atoms with Crippen LogP contribution in [-0.2, 0) is 11.2 Å². The SMILES string of the molecule is O=C(CCc1ccc(Cl)s1)C1CCCC1. The summed E-state index contributed by atoms with van der Waals surface area (Å²) in [6, 6.07) is 3.93. The molecule has 1 heterocycles. The Morgan fingerprint density at radius 3 is 2.73 bits per heavy atom. The molecule has 0 spiro atoms. The number of thiophene rings is 1. The van der Waals surface area contributed by atoms with Gasteiger partial charge in [-0.15, -0.1) is 11.3 Å². The first-order valence-corrected chi connectivity index (χ1v) is 6.72. The van der Waals surface area contributed by atoms with E-state index in [0.717, 1.165) is 23.6 Å². The highest BCUT2D eigenvalue weighted by atomic mass is 35.5. The van der Waals surface area contributed by atoms with Crippen LogP contribution in [0.15, 0.2) is 12.1 Å². The van der Waals surface area contributed by atoms with Gasteiger partial charge >= 0.3 is 0 Å². The van der Waals surface area contributed by atoms with Gasteiger partial charge in [0.15, 0.2) is 0 Å². The molecule has 1 aliphatic carbocycles. The van der Waals surface area contributed by atoms with Crippen LogP contribution < -0.4 is 0 Å². The summed E-state index contributed by atoms with van der Waals surface area (Å²) in [4.78, 5) is 13.0. The van der Waals surface area contributed by atoms with Gasteiger partial charge in [0, 0.05) is 17.2 Å². The van der Waals surface area contributed by atoms with Gasteiger partial charge in [-0.25, -0.2) is 0 Å². The second kappa shape index (κ2) is 5.13. The second-order valence-corrected chi connectivity index (χ2v) is 5.95. The number of hydrogen-bond donors (Lipinski definition) is 0. The summed E-state index contributed by atoms with van der Waals surface area (Å²) in [6.07, 6.45) is 6.27. The van der Waals surface area contributed by atoms with Crippen LogP contribution in [0.1, 0.15) is 37.0 Å². The number of Topliss-reactive ketones (excluding diaryl/α,β-unsaturated/α-hetero) is 1. The molecule has 0 N–H and O–H groups in total. The molecule has 82 valence electrons. The van der Waals surface area contributed by atoms with E-state index in [2.05, 4.69) is 0 Å². The summed E-state index contributed by atoms with van der Waals surface area (Å²) in [5.74, 6) is 0.817. The molecular formula is C12H15ClOS. The number of carbonyl (C=O) groups excluding carboxylic acids is 1. The normalized spacial score (nSPS) is 17.1. The Balaban J connectivity index is 1.80. The summed E-state index contributed by atoms with van der Waals surface area (Å²) in [5.41, 5.74) is 0. The quantitative estimate of drug-likeness (QED) is 0.777. The minimum Gasteiger partial charge on any atom is -0.299 e. The lowest BCUT2D eigenvalue weighted by Gasteiger charge is -2.06. The molecule has 1 aromatic rings. The maximum atomic E-state index is 11.8. The third-order valence-corrected chi connectivity index (χ3v) is 4.35. The van der Waals surface area contributed by atoms with E-state index >= 15 is 0 Å². The summed E-state index contributed by atoms with van der Waals surface area (Å²) in [5, 5.41) is 0. The van der Waals surface area contributed by atoms with Crippen LogP contribution in [0.5, 0.6) is 0 Å². The molecule has 0 amide bonds. The molecule has 0 aliphatic heterocycles. The largest absolute Gasteiger partial charge is 0.299 e. The molecule has 0 atom stereocenters. The zero-order valence-electron chi connectivity index (χ0n) is 8.67. The molecule has 15 heavy (non-hydrogen) atoms. The maximum absolute atomic E-state index is 11.8. The fourth-order valence-corrected chi connectivity index (χ4v) is 3.27. The number of carbonyl (C=O) groups is 1. The van der Waals surface area contributed by atoms with E-state index in [9.17, 15) is 4.79 Å². The Morgan fingerprint density at radius 1 is 1.40 bits per heavy atom. The second-order valence-electron chi connectivity index (χ2n) is 4.15. The molecule has 1 aliphatic rings. The van der Waals surface area contributed by atoms with Crippen LogP contribution >= 0.6 is 22.9 Å². The van der Waals surface area contributed by atoms with E-state index in [1.807, 2.05) is 12.1 Å². The lowest BCUT2D eigenvalue weighted by molar-refractivity contribution is -0.122. The molecule has 0 unspecified atom stereocenters. The minimum atomic E-state index is 0.362. The standard InChI is InChI=1S/C12H15ClOS/c13-12-8-6-10(15-12)5-7-11(14)9-3-1-2-4-9/h6,8-9H,1-5,7H2. The highest BCUT2D eigenvalue weighted by molar-refractivity contribution is 7.16.